The highest BCUT2D eigenvalue weighted by atomic mass is 19.4. The molecule has 4 heteroatoms. The molecule has 0 spiro atoms. The zero-order chi connectivity index (χ0) is 9.56. The van der Waals surface area contributed by atoms with Gasteiger partial charge in [0.2, 0.25) is 0 Å². The summed E-state index contributed by atoms with van der Waals surface area (Å²) in [6.07, 6.45) is 0. The van der Waals surface area contributed by atoms with Crippen molar-refractivity contribution in [3.8, 4) is 0 Å². The first-order chi connectivity index (χ1) is 5.52. The molecule has 66 valence electrons. The van der Waals surface area contributed by atoms with Gasteiger partial charge in [0.15, 0.2) is 0 Å². The Kier molecular flexibility index (Phi) is 5.25. The molecule has 1 aromatic rings. The number of hydrogen-bond donors (Lipinski definition) is 0. The summed E-state index contributed by atoms with van der Waals surface area (Å²) in [6.45, 7) is 4.21. The summed E-state index contributed by atoms with van der Waals surface area (Å²) < 4.78 is 29.0. The number of aryl methyl sites for hydroxylation is 2. The highest BCUT2D eigenvalue weighted by Crippen LogP contribution is 2.00. The van der Waals surface area contributed by atoms with Gasteiger partial charge in [0.05, 0.1) is 0 Å². The van der Waals surface area contributed by atoms with E-state index in [-0.39, 0.29) is 0 Å². The van der Waals surface area contributed by atoms with Crippen LogP contribution in [0.4, 0.5) is 12.9 Å². The Morgan fingerprint density at radius 3 is 1.50 bits per heavy atom. The molecule has 0 atom stereocenters. The Morgan fingerprint density at radius 2 is 1.33 bits per heavy atom. The molecule has 12 heavy (non-hydrogen) atoms. The third-order valence-corrected chi connectivity index (χ3v) is 1.17. The molecule has 0 radical (unpaired) electrons. The molecule has 0 aliphatic heterocycles. The van der Waals surface area contributed by atoms with Crippen LogP contribution < -0.4 is 0 Å². The van der Waals surface area contributed by atoms with Gasteiger partial charge < -0.3 is 0 Å². The van der Waals surface area contributed by atoms with Gasteiger partial charge in [-0.25, -0.2) is 0 Å². The normalized spacial score (nSPS) is 8.42. The fourth-order valence-corrected chi connectivity index (χ4v) is 0.807. The third-order valence-electron chi connectivity index (χ3n) is 1.17. The van der Waals surface area contributed by atoms with E-state index in [1.54, 1.807) is 0 Å². The van der Waals surface area contributed by atoms with Crippen molar-refractivity contribution in [3.63, 3.8) is 0 Å². The number of benzene rings is 1. The predicted octanol–water partition coefficient (Wildman–Crippen LogP) is 3.18. The smallest absolute Gasteiger partial charge is 0.254 e. The Labute approximate surface area is 70.6 Å². The van der Waals surface area contributed by atoms with Crippen LogP contribution in [0.5, 0.6) is 0 Å². The van der Waals surface area contributed by atoms with E-state index in [1.807, 2.05) is 0 Å². The highest BCUT2D eigenvalue weighted by Gasteiger charge is 2.06. The largest absolute Gasteiger partial charge is 0.762 e. The third kappa shape index (κ3) is 7.19. The van der Waals surface area contributed by atoms with Crippen LogP contribution in [0.1, 0.15) is 11.1 Å². The maximum Gasteiger partial charge on any atom is 0.762 e. The minimum Gasteiger partial charge on any atom is -0.254 e. The Bertz CT molecular complexity index is 205. The first-order valence-corrected chi connectivity index (χ1v) is 3.48. The van der Waals surface area contributed by atoms with Crippen molar-refractivity contribution >= 4 is 7.54 Å². The first-order valence-electron chi connectivity index (χ1n) is 3.48. The fraction of sp³-hybridized carbons (Fsp3) is 0.250. The van der Waals surface area contributed by atoms with E-state index in [0.29, 0.717) is 0 Å². The van der Waals surface area contributed by atoms with Crippen LogP contribution in [-0.4, -0.2) is 7.54 Å². The lowest BCUT2D eigenvalue weighted by molar-refractivity contribution is 0.535. The van der Waals surface area contributed by atoms with Crippen LogP contribution in [0.25, 0.3) is 0 Å². The van der Waals surface area contributed by atoms with E-state index in [2.05, 4.69) is 38.1 Å². The topological polar surface area (TPSA) is 0 Å². The van der Waals surface area contributed by atoms with Gasteiger partial charge in [0.1, 0.15) is 0 Å². The predicted molar refractivity (Wildman–Crippen MR) is 45.0 cm³/mol. The molecule has 0 saturated heterocycles. The van der Waals surface area contributed by atoms with Gasteiger partial charge in [0.25, 0.3) is 0 Å². The van der Waals surface area contributed by atoms with Crippen LogP contribution in [-0.2, 0) is 0 Å². The molecule has 0 saturated carbocycles. The summed E-state index contributed by atoms with van der Waals surface area (Å²) in [5, 5.41) is 0. The number of rotatable bonds is 0. The molecule has 0 N–H and O–H groups in total. The van der Waals surface area contributed by atoms with Gasteiger partial charge >= 0.3 is 7.54 Å². The highest BCUT2D eigenvalue weighted by molar-refractivity contribution is 6.33. The molecule has 0 aliphatic rings. The SMILES string of the molecule is Cc1cccc(C)c1.FB(F)F. The lowest BCUT2D eigenvalue weighted by Gasteiger charge is -1.90. The monoisotopic (exact) mass is 174 g/mol. The van der Waals surface area contributed by atoms with Crippen molar-refractivity contribution in [3.05, 3.63) is 35.4 Å². The average molecular weight is 174 g/mol. The zero-order valence-electron chi connectivity index (χ0n) is 7.02. The summed E-state index contributed by atoms with van der Waals surface area (Å²) in [6, 6.07) is 8.45. The minimum absolute atomic E-state index is 1.34. The maximum absolute atomic E-state index is 9.67. The molecule has 0 nitrogen and oxygen atoms in total. The van der Waals surface area contributed by atoms with Crippen molar-refractivity contribution in [1.29, 1.82) is 0 Å². The fourth-order valence-electron chi connectivity index (χ4n) is 0.807. The summed E-state index contributed by atoms with van der Waals surface area (Å²) in [4.78, 5) is 0. The minimum atomic E-state index is -3.67. The number of hydrogen-bond acceptors (Lipinski definition) is 0. The van der Waals surface area contributed by atoms with Crippen molar-refractivity contribution in [2.45, 2.75) is 13.8 Å². The second kappa shape index (κ2) is 5.69. The molecule has 0 heterocycles. The van der Waals surface area contributed by atoms with Gasteiger partial charge in [-0.3, -0.25) is 12.9 Å². The molecule has 0 bridgehead atoms. The van der Waals surface area contributed by atoms with E-state index in [0.717, 1.165) is 0 Å². The lowest BCUT2D eigenvalue weighted by atomic mass is 10.2. The van der Waals surface area contributed by atoms with Gasteiger partial charge in [-0.1, -0.05) is 35.4 Å². The standard InChI is InChI=1S/C8H10.BF3/c1-7-4-3-5-8(2)6-7;2-1(3)4/h3-6H,1-2H3;. The van der Waals surface area contributed by atoms with Crippen molar-refractivity contribution in [1.82, 2.24) is 0 Å². The quantitative estimate of drug-likeness (QED) is 0.529. The molecule has 0 aliphatic carbocycles. The molecule has 0 amide bonds. The van der Waals surface area contributed by atoms with Crippen molar-refractivity contribution < 1.29 is 12.9 Å². The Hall–Kier alpha value is -0.925. The van der Waals surface area contributed by atoms with Crippen LogP contribution in [0.3, 0.4) is 0 Å². The summed E-state index contributed by atoms with van der Waals surface area (Å²) in [5.74, 6) is 0. The van der Waals surface area contributed by atoms with Crippen LogP contribution in [0.15, 0.2) is 24.3 Å². The van der Waals surface area contributed by atoms with Crippen molar-refractivity contribution in [2.75, 3.05) is 0 Å². The van der Waals surface area contributed by atoms with Crippen LogP contribution >= 0.6 is 0 Å². The average Bonchev–Trinajstić information content (AvgIpc) is 1.84. The van der Waals surface area contributed by atoms with Gasteiger partial charge in [-0.2, -0.15) is 0 Å². The molecule has 0 unspecified atom stereocenters. The Balaban J connectivity index is 0.000000261. The molecule has 0 aromatic heterocycles. The first kappa shape index (κ1) is 11.1. The van der Waals surface area contributed by atoms with E-state index >= 15 is 0 Å². The Morgan fingerprint density at radius 1 is 1.00 bits per heavy atom. The molecule has 1 rings (SSSR count). The zero-order valence-corrected chi connectivity index (χ0v) is 7.02. The van der Waals surface area contributed by atoms with Gasteiger partial charge in [-0.15, -0.1) is 0 Å². The van der Waals surface area contributed by atoms with E-state index in [1.165, 1.54) is 11.1 Å². The van der Waals surface area contributed by atoms with Crippen LogP contribution in [0.2, 0.25) is 0 Å². The van der Waals surface area contributed by atoms with Crippen LogP contribution in [0, 0.1) is 13.8 Å². The van der Waals surface area contributed by atoms with Gasteiger partial charge in [0, 0.05) is 0 Å². The second-order valence-electron chi connectivity index (χ2n) is 2.41. The number of halogens is 3. The summed E-state index contributed by atoms with van der Waals surface area (Å²) in [7, 11) is -3.67. The van der Waals surface area contributed by atoms with Crippen molar-refractivity contribution in [2.24, 2.45) is 0 Å². The summed E-state index contributed by atoms with van der Waals surface area (Å²) in [5.41, 5.74) is 2.68. The van der Waals surface area contributed by atoms with E-state index < -0.39 is 7.54 Å². The van der Waals surface area contributed by atoms with E-state index in [9.17, 15) is 12.9 Å². The van der Waals surface area contributed by atoms with Gasteiger partial charge in [-0.05, 0) is 13.8 Å². The molecule has 1 aromatic carbocycles. The lowest BCUT2D eigenvalue weighted by Crippen LogP contribution is -1.76. The second-order valence-corrected chi connectivity index (χ2v) is 2.41. The molecule has 0 fully saturated rings. The van der Waals surface area contributed by atoms with E-state index in [4.69, 9.17) is 0 Å². The summed E-state index contributed by atoms with van der Waals surface area (Å²) >= 11 is 0. The maximum atomic E-state index is 9.67. The molecular weight excluding hydrogens is 164 g/mol. The molecular formula is C8H10BF3.